The molecule has 0 aliphatic heterocycles. The number of nitrogens with zero attached hydrogens (tertiary/aromatic N) is 7. The molecule has 0 aliphatic rings. The molecule has 0 saturated carbocycles. The van der Waals surface area contributed by atoms with Crippen molar-refractivity contribution in [3.05, 3.63) is 48.0 Å². The Morgan fingerprint density at radius 1 is 1.29 bits per heavy atom. The summed E-state index contributed by atoms with van der Waals surface area (Å²) in [6, 6.07) is 7.14. The molecule has 11 heteroatoms. The highest BCUT2D eigenvalue weighted by atomic mass is 16.4. The molecule has 0 atom stereocenters. The van der Waals surface area contributed by atoms with Crippen molar-refractivity contribution in [2.75, 3.05) is 5.73 Å². The highest BCUT2D eigenvalue weighted by Crippen LogP contribution is 2.25. The van der Waals surface area contributed by atoms with E-state index in [1.54, 1.807) is 29.1 Å². The molecule has 0 saturated heterocycles. The van der Waals surface area contributed by atoms with E-state index < -0.39 is 11.6 Å². The molecule has 0 unspecified atom stereocenters. The van der Waals surface area contributed by atoms with E-state index in [0.717, 1.165) is 5.56 Å². The number of carbonyl (C=O) groups is 1. The number of anilines is 1. The molecule has 4 rings (SSSR count). The average Bonchev–Trinajstić information content (AvgIpc) is 3.35. The fourth-order valence-electron chi connectivity index (χ4n) is 3.21. The third-order valence-corrected chi connectivity index (χ3v) is 4.71. The summed E-state index contributed by atoms with van der Waals surface area (Å²) in [6.07, 6.45) is 2.20. The summed E-state index contributed by atoms with van der Waals surface area (Å²) in [5.41, 5.74) is 8.23. The number of carboxylic acid groups (broad SMARTS) is 1. The predicted molar refractivity (Wildman–Crippen MR) is 112 cm³/mol. The first-order chi connectivity index (χ1) is 14.7. The van der Waals surface area contributed by atoms with Gasteiger partial charge in [0.05, 0.1) is 18.5 Å². The second-order valence-corrected chi connectivity index (χ2v) is 8.02. The van der Waals surface area contributed by atoms with Gasteiger partial charge in [-0.3, -0.25) is 9.88 Å². The van der Waals surface area contributed by atoms with Gasteiger partial charge in [-0.05, 0) is 50.6 Å². The van der Waals surface area contributed by atoms with Gasteiger partial charge in [-0.1, -0.05) is 5.21 Å². The van der Waals surface area contributed by atoms with Crippen LogP contribution in [0.1, 0.15) is 32.0 Å². The van der Waals surface area contributed by atoms with Crippen molar-refractivity contribution in [1.29, 1.82) is 0 Å². The molecule has 31 heavy (non-hydrogen) atoms. The smallest absolute Gasteiger partial charge is 0.408 e. The third-order valence-electron chi connectivity index (χ3n) is 4.71. The Bertz CT molecular complexity index is 1230. The first-order valence-corrected chi connectivity index (χ1v) is 9.57. The van der Waals surface area contributed by atoms with Gasteiger partial charge in [0.15, 0.2) is 16.9 Å². The molecule has 0 radical (unpaired) electrons. The molecule has 0 spiro atoms. The molecular weight excluding hydrogens is 400 g/mol. The fraction of sp³-hybridized carbons (Fsp3) is 0.300. The van der Waals surface area contributed by atoms with Gasteiger partial charge in [0.2, 0.25) is 5.95 Å². The van der Waals surface area contributed by atoms with Crippen LogP contribution in [0.5, 0.6) is 0 Å². The topological polar surface area (TPSA) is 149 Å². The Morgan fingerprint density at radius 2 is 2.10 bits per heavy atom. The van der Waals surface area contributed by atoms with Crippen LogP contribution in [0, 0.1) is 0 Å². The van der Waals surface area contributed by atoms with Crippen LogP contribution in [0.2, 0.25) is 0 Å². The lowest BCUT2D eigenvalue weighted by Gasteiger charge is -2.33. The highest BCUT2D eigenvalue weighted by Gasteiger charge is 2.26. The number of nitrogen functional groups attached to an aromatic ring is 1. The summed E-state index contributed by atoms with van der Waals surface area (Å²) < 4.78 is 7.00. The molecule has 3 N–H and O–H groups in total. The van der Waals surface area contributed by atoms with Crippen molar-refractivity contribution >= 4 is 23.2 Å². The van der Waals surface area contributed by atoms with E-state index in [4.69, 9.17) is 10.2 Å². The first-order valence-electron chi connectivity index (χ1n) is 9.57. The van der Waals surface area contributed by atoms with Crippen molar-refractivity contribution in [3.63, 3.8) is 0 Å². The Labute approximate surface area is 177 Å². The Hall–Kier alpha value is -4.02. The summed E-state index contributed by atoms with van der Waals surface area (Å²) in [5, 5.41) is 17.9. The second-order valence-electron chi connectivity index (χ2n) is 8.02. The van der Waals surface area contributed by atoms with E-state index in [1.165, 1.54) is 11.2 Å². The van der Waals surface area contributed by atoms with Gasteiger partial charge in [0, 0.05) is 18.3 Å². The van der Waals surface area contributed by atoms with Crippen molar-refractivity contribution < 1.29 is 14.3 Å². The van der Waals surface area contributed by atoms with Crippen molar-refractivity contribution in [2.24, 2.45) is 0 Å². The average molecular weight is 422 g/mol. The van der Waals surface area contributed by atoms with Crippen LogP contribution in [0.4, 0.5) is 10.7 Å². The maximum Gasteiger partial charge on any atom is 0.408 e. The monoisotopic (exact) mass is 422 g/mol. The number of hydrogen-bond donors (Lipinski definition) is 2. The summed E-state index contributed by atoms with van der Waals surface area (Å²) in [4.78, 5) is 25.9. The quantitative estimate of drug-likeness (QED) is 0.495. The Kier molecular flexibility index (Phi) is 5.01. The van der Waals surface area contributed by atoms with E-state index >= 15 is 0 Å². The largest absolute Gasteiger partial charge is 0.465 e. The molecule has 11 nitrogen and oxygen atoms in total. The van der Waals surface area contributed by atoms with E-state index in [-0.39, 0.29) is 19.0 Å². The molecule has 0 bridgehead atoms. The minimum Gasteiger partial charge on any atom is -0.465 e. The van der Waals surface area contributed by atoms with Crippen LogP contribution in [0.15, 0.2) is 41.1 Å². The van der Waals surface area contributed by atoms with Crippen molar-refractivity contribution in [3.8, 4) is 11.5 Å². The summed E-state index contributed by atoms with van der Waals surface area (Å²) in [5.74, 6) is 0.591. The molecule has 4 heterocycles. The zero-order chi connectivity index (χ0) is 22.2. The van der Waals surface area contributed by atoms with Crippen LogP contribution in [-0.4, -0.2) is 51.6 Å². The zero-order valence-electron chi connectivity index (χ0n) is 17.3. The van der Waals surface area contributed by atoms with Gasteiger partial charge in [-0.2, -0.15) is 4.98 Å². The van der Waals surface area contributed by atoms with Crippen molar-refractivity contribution in [1.82, 2.24) is 34.8 Å². The molecular formula is C20H22N8O3. The van der Waals surface area contributed by atoms with Gasteiger partial charge in [-0.15, -0.1) is 5.10 Å². The van der Waals surface area contributed by atoms with Crippen LogP contribution in [-0.2, 0) is 13.1 Å². The molecule has 160 valence electrons. The minimum absolute atomic E-state index is 0.0754. The number of furan rings is 1. The number of pyridine rings is 1. The Balaban J connectivity index is 1.65. The van der Waals surface area contributed by atoms with Crippen LogP contribution in [0.25, 0.3) is 22.6 Å². The molecule has 0 fully saturated rings. The number of hydrogen-bond acceptors (Lipinski definition) is 8. The number of fused-ring (bicyclic) bond motifs is 1. The SMILES string of the molecule is CC(C)(C)N(Cc1ccnc(Cn2nnc3c(-c4ccco4)nc(N)nc32)c1)C(=O)O. The lowest BCUT2D eigenvalue weighted by Crippen LogP contribution is -2.44. The van der Waals surface area contributed by atoms with E-state index in [1.807, 2.05) is 26.8 Å². The van der Waals surface area contributed by atoms with Gasteiger partial charge >= 0.3 is 6.09 Å². The van der Waals surface area contributed by atoms with Crippen LogP contribution < -0.4 is 5.73 Å². The summed E-state index contributed by atoms with van der Waals surface area (Å²) in [7, 11) is 0. The van der Waals surface area contributed by atoms with E-state index in [2.05, 4.69) is 25.3 Å². The molecule has 0 aromatic carbocycles. The zero-order valence-corrected chi connectivity index (χ0v) is 17.3. The second kappa shape index (κ2) is 7.67. The van der Waals surface area contributed by atoms with Crippen molar-refractivity contribution in [2.45, 2.75) is 39.4 Å². The number of rotatable bonds is 5. The molecule has 0 aliphatic carbocycles. The van der Waals surface area contributed by atoms with Gasteiger partial charge in [0.1, 0.15) is 5.69 Å². The van der Waals surface area contributed by atoms with Crippen LogP contribution >= 0.6 is 0 Å². The summed E-state index contributed by atoms with van der Waals surface area (Å²) in [6.45, 7) is 6.08. The predicted octanol–water partition coefficient (Wildman–Crippen LogP) is 2.79. The number of nitrogens with two attached hydrogens (primary N) is 1. The standard InChI is InChI=1S/C20H22N8O3/c1-20(2,3)27(19(29)30)10-12-6-7-22-13(9-12)11-28-17-16(25-26-28)15(23-18(21)24-17)14-5-4-8-31-14/h4-9H,10-11H2,1-3H3,(H,29,30)(H2,21,23,24). The first kappa shape index (κ1) is 20.3. The van der Waals surface area contributed by atoms with Gasteiger partial charge < -0.3 is 15.3 Å². The van der Waals surface area contributed by atoms with Crippen LogP contribution in [0.3, 0.4) is 0 Å². The van der Waals surface area contributed by atoms with Gasteiger partial charge in [-0.25, -0.2) is 14.5 Å². The lowest BCUT2D eigenvalue weighted by atomic mass is 10.1. The maximum absolute atomic E-state index is 11.7. The molecule has 1 amide bonds. The molecule has 4 aromatic rings. The maximum atomic E-state index is 11.7. The lowest BCUT2D eigenvalue weighted by molar-refractivity contribution is 0.0955. The summed E-state index contributed by atoms with van der Waals surface area (Å²) >= 11 is 0. The number of aromatic nitrogens is 6. The van der Waals surface area contributed by atoms with Gasteiger partial charge in [0.25, 0.3) is 0 Å². The third kappa shape index (κ3) is 4.15. The van der Waals surface area contributed by atoms with E-state index in [0.29, 0.717) is 28.3 Å². The number of amides is 1. The normalized spacial score (nSPS) is 11.7. The minimum atomic E-state index is -0.981. The Morgan fingerprint density at radius 3 is 2.77 bits per heavy atom. The molecule has 4 aromatic heterocycles. The highest BCUT2D eigenvalue weighted by molar-refractivity contribution is 5.85. The van der Waals surface area contributed by atoms with E-state index in [9.17, 15) is 9.90 Å². The fourth-order valence-corrected chi connectivity index (χ4v) is 3.21.